The Hall–Kier alpha value is -0.0800. The second kappa shape index (κ2) is 3.21. The van der Waals surface area contributed by atoms with Crippen molar-refractivity contribution in [2.75, 3.05) is 19.8 Å². The van der Waals surface area contributed by atoms with Crippen LogP contribution in [-0.4, -0.2) is 36.2 Å². The molecule has 0 radical (unpaired) electrons. The summed E-state index contributed by atoms with van der Waals surface area (Å²) in [5, 5.41) is 0. The van der Waals surface area contributed by atoms with Gasteiger partial charge in [-0.1, -0.05) is 0 Å². The summed E-state index contributed by atoms with van der Waals surface area (Å²) in [5.74, 6) is 0. The monoisotopic (exact) mass is 197 g/mol. The second-order valence-electron chi connectivity index (χ2n) is 6.03. The van der Waals surface area contributed by atoms with E-state index >= 15 is 0 Å². The molecular weight excluding hydrogens is 174 g/mol. The van der Waals surface area contributed by atoms with E-state index in [2.05, 4.69) is 32.6 Å². The van der Waals surface area contributed by atoms with E-state index in [9.17, 15) is 0 Å². The largest absolute Gasteiger partial charge is 0.379 e. The SMILES string of the molecule is CC(C)N1CC2(CC2)COCC1(C)C. The summed E-state index contributed by atoms with van der Waals surface area (Å²) >= 11 is 0. The molecule has 1 saturated heterocycles. The van der Waals surface area contributed by atoms with E-state index in [4.69, 9.17) is 4.74 Å². The molecular formula is C12H23NO. The van der Waals surface area contributed by atoms with Crippen LogP contribution in [0.3, 0.4) is 0 Å². The normalized spacial score (nSPS) is 30.6. The minimum Gasteiger partial charge on any atom is -0.379 e. The highest BCUT2D eigenvalue weighted by Crippen LogP contribution is 2.49. The Kier molecular flexibility index (Phi) is 2.39. The van der Waals surface area contributed by atoms with Crippen molar-refractivity contribution in [1.29, 1.82) is 0 Å². The van der Waals surface area contributed by atoms with Gasteiger partial charge < -0.3 is 4.74 Å². The van der Waals surface area contributed by atoms with Crippen LogP contribution in [0.4, 0.5) is 0 Å². The van der Waals surface area contributed by atoms with Crippen molar-refractivity contribution < 1.29 is 4.74 Å². The first-order chi connectivity index (χ1) is 6.45. The maximum absolute atomic E-state index is 5.83. The second-order valence-corrected chi connectivity index (χ2v) is 6.03. The molecule has 1 aliphatic carbocycles. The zero-order chi connectivity index (χ0) is 10.4. The lowest BCUT2D eigenvalue weighted by atomic mass is 9.99. The number of rotatable bonds is 1. The van der Waals surface area contributed by atoms with Crippen molar-refractivity contribution >= 4 is 0 Å². The maximum atomic E-state index is 5.83. The minimum atomic E-state index is 0.209. The Morgan fingerprint density at radius 1 is 1.14 bits per heavy atom. The van der Waals surface area contributed by atoms with Gasteiger partial charge in [0, 0.05) is 23.5 Å². The van der Waals surface area contributed by atoms with Crippen molar-refractivity contribution in [2.45, 2.75) is 52.1 Å². The van der Waals surface area contributed by atoms with Gasteiger partial charge in [-0.15, -0.1) is 0 Å². The Labute approximate surface area is 87.6 Å². The molecule has 0 amide bonds. The predicted molar refractivity (Wildman–Crippen MR) is 58.4 cm³/mol. The van der Waals surface area contributed by atoms with Crippen LogP contribution in [0.15, 0.2) is 0 Å². The molecule has 2 aliphatic rings. The first kappa shape index (κ1) is 10.4. The molecule has 2 nitrogen and oxygen atoms in total. The van der Waals surface area contributed by atoms with Crippen LogP contribution >= 0.6 is 0 Å². The highest BCUT2D eigenvalue weighted by atomic mass is 16.5. The van der Waals surface area contributed by atoms with E-state index in [1.54, 1.807) is 0 Å². The molecule has 1 spiro atoms. The van der Waals surface area contributed by atoms with Crippen molar-refractivity contribution in [2.24, 2.45) is 5.41 Å². The summed E-state index contributed by atoms with van der Waals surface area (Å²) in [4.78, 5) is 2.62. The van der Waals surface area contributed by atoms with Gasteiger partial charge in [0.25, 0.3) is 0 Å². The fourth-order valence-electron chi connectivity index (χ4n) is 2.58. The van der Waals surface area contributed by atoms with Gasteiger partial charge in [-0.2, -0.15) is 0 Å². The molecule has 0 unspecified atom stereocenters. The van der Waals surface area contributed by atoms with Crippen LogP contribution in [0.25, 0.3) is 0 Å². The molecule has 0 aromatic heterocycles. The molecule has 0 aromatic carbocycles. The zero-order valence-corrected chi connectivity index (χ0v) is 9.97. The van der Waals surface area contributed by atoms with E-state index in [0.717, 1.165) is 13.2 Å². The first-order valence-electron chi connectivity index (χ1n) is 5.80. The van der Waals surface area contributed by atoms with Gasteiger partial charge >= 0.3 is 0 Å². The van der Waals surface area contributed by atoms with E-state index < -0.39 is 0 Å². The van der Waals surface area contributed by atoms with Crippen LogP contribution in [0, 0.1) is 5.41 Å². The smallest absolute Gasteiger partial charge is 0.0645 e. The average Bonchev–Trinajstić information content (AvgIpc) is 2.81. The van der Waals surface area contributed by atoms with E-state index in [1.807, 2.05) is 0 Å². The van der Waals surface area contributed by atoms with Gasteiger partial charge in [-0.3, -0.25) is 4.90 Å². The quantitative estimate of drug-likeness (QED) is 0.639. The van der Waals surface area contributed by atoms with E-state index in [-0.39, 0.29) is 5.54 Å². The van der Waals surface area contributed by atoms with Crippen molar-refractivity contribution in [1.82, 2.24) is 4.90 Å². The summed E-state index contributed by atoms with van der Waals surface area (Å²) in [5.41, 5.74) is 0.734. The van der Waals surface area contributed by atoms with Gasteiger partial charge in [0.05, 0.1) is 13.2 Å². The lowest BCUT2D eigenvalue weighted by Gasteiger charge is -2.40. The third-order valence-corrected chi connectivity index (χ3v) is 3.73. The molecule has 0 bridgehead atoms. The highest BCUT2D eigenvalue weighted by Gasteiger charge is 2.49. The Balaban J connectivity index is 2.14. The van der Waals surface area contributed by atoms with Crippen LogP contribution in [-0.2, 0) is 4.74 Å². The third-order valence-electron chi connectivity index (χ3n) is 3.73. The summed E-state index contributed by atoms with van der Waals surface area (Å²) in [7, 11) is 0. The summed E-state index contributed by atoms with van der Waals surface area (Å²) < 4.78 is 5.83. The number of nitrogens with zero attached hydrogens (tertiary/aromatic N) is 1. The van der Waals surface area contributed by atoms with Crippen LogP contribution in [0.5, 0.6) is 0 Å². The van der Waals surface area contributed by atoms with Crippen LogP contribution in [0.2, 0.25) is 0 Å². The van der Waals surface area contributed by atoms with Gasteiger partial charge in [0.1, 0.15) is 0 Å². The van der Waals surface area contributed by atoms with Gasteiger partial charge in [-0.25, -0.2) is 0 Å². The molecule has 2 rings (SSSR count). The minimum absolute atomic E-state index is 0.209. The molecule has 0 atom stereocenters. The third kappa shape index (κ3) is 1.82. The lowest BCUT2D eigenvalue weighted by Crippen LogP contribution is -2.51. The fraction of sp³-hybridized carbons (Fsp3) is 1.00. The molecule has 1 heterocycles. The molecule has 0 aromatic rings. The summed E-state index contributed by atoms with van der Waals surface area (Å²) in [6.07, 6.45) is 2.73. The van der Waals surface area contributed by atoms with Crippen LogP contribution < -0.4 is 0 Å². The Morgan fingerprint density at radius 3 is 2.29 bits per heavy atom. The summed E-state index contributed by atoms with van der Waals surface area (Å²) in [6.45, 7) is 12.3. The van der Waals surface area contributed by atoms with E-state index in [1.165, 1.54) is 19.4 Å². The molecule has 1 saturated carbocycles. The molecule has 0 N–H and O–H groups in total. The predicted octanol–water partition coefficient (Wildman–Crippen LogP) is 2.29. The maximum Gasteiger partial charge on any atom is 0.0645 e. The first-order valence-corrected chi connectivity index (χ1v) is 5.80. The average molecular weight is 197 g/mol. The van der Waals surface area contributed by atoms with Gasteiger partial charge in [0.2, 0.25) is 0 Å². The molecule has 2 fully saturated rings. The number of hydrogen-bond acceptors (Lipinski definition) is 2. The molecule has 1 aliphatic heterocycles. The Bertz CT molecular complexity index is 218. The topological polar surface area (TPSA) is 12.5 Å². The van der Waals surface area contributed by atoms with Gasteiger partial charge in [-0.05, 0) is 40.5 Å². The molecule has 82 valence electrons. The zero-order valence-electron chi connectivity index (χ0n) is 9.97. The molecule has 2 heteroatoms. The summed E-state index contributed by atoms with van der Waals surface area (Å²) in [6, 6.07) is 0.629. The molecule has 14 heavy (non-hydrogen) atoms. The van der Waals surface area contributed by atoms with E-state index in [0.29, 0.717) is 11.5 Å². The van der Waals surface area contributed by atoms with Crippen molar-refractivity contribution in [3.63, 3.8) is 0 Å². The van der Waals surface area contributed by atoms with Crippen molar-refractivity contribution in [3.8, 4) is 0 Å². The fourth-order valence-corrected chi connectivity index (χ4v) is 2.58. The number of ether oxygens (including phenoxy) is 1. The van der Waals surface area contributed by atoms with Gasteiger partial charge in [0.15, 0.2) is 0 Å². The van der Waals surface area contributed by atoms with Crippen LogP contribution in [0.1, 0.15) is 40.5 Å². The standard InChI is InChI=1S/C12H23NO/c1-10(2)13-7-12(5-6-12)9-14-8-11(13,3)4/h10H,5-9H2,1-4H3. The van der Waals surface area contributed by atoms with Crippen molar-refractivity contribution in [3.05, 3.63) is 0 Å². The Morgan fingerprint density at radius 2 is 1.79 bits per heavy atom. The number of hydrogen-bond donors (Lipinski definition) is 0. The lowest BCUT2D eigenvalue weighted by molar-refractivity contribution is 0.0327. The highest BCUT2D eigenvalue weighted by molar-refractivity contribution is 5.01.